The van der Waals surface area contributed by atoms with Crippen molar-refractivity contribution in [2.75, 3.05) is 0 Å². The van der Waals surface area contributed by atoms with Crippen LogP contribution in [0.25, 0.3) is 6.08 Å². The second-order valence-corrected chi connectivity index (χ2v) is 2.99. The summed E-state index contributed by atoms with van der Waals surface area (Å²) in [4.78, 5) is 0. The lowest BCUT2D eigenvalue weighted by Gasteiger charge is -2.01. The highest BCUT2D eigenvalue weighted by atomic mass is 32.2. The summed E-state index contributed by atoms with van der Waals surface area (Å²) in [6.45, 7) is 0.453. The average molecular weight is 204 g/mol. The zero-order chi connectivity index (χ0) is 10.9. The second-order valence-electron chi connectivity index (χ2n) is 2.57. The normalized spacial score (nSPS) is 10.9. The molecule has 0 unspecified atom stereocenters. The molecule has 1 rings (SSSR count). The maximum atomic E-state index is 8.38. The molecule has 2 nitrogen and oxygen atoms in total. The predicted molar refractivity (Wildman–Crippen MR) is 60.6 cm³/mol. The molecule has 0 spiro atoms. The molecule has 0 fully saturated rings. The SMILES string of the molecule is [3H][B]SOCc1cccc(C=CC#N)c1. The van der Waals surface area contributed by atoms with Crippen molar-refractivity contribution >= 4 is 25.1 Å². The molecule has 0 aliphatic heterocycles. The van der Waals surface area contributed by atoms with Crippen molar-refractivity contribution in [3.63, 3.8) is 0 Å². The Morgan fingerprint density at radius 2 is 2.64 bits per heavy atom. The third-order valence-corrected chi connectivity index (χ3v) is 1.85. The highest BCUT2D eigenvalue weighted by molar-refractivity contribution is 8.15. The molecule has 4 heteroatoms. The van der Waals surface area contributed by atoms with E-state index >= 15 is 0 Å². The monoisotopic (exact) mass is 204 g/mol. The van der Waals surface area contributed by atoms with Crippen LogP contribution in [-0.2, 0) is 10.8 Å². The molecule has 1 radical (unpaired) electrons. The Morgan fingerprint density at radius 1 is 1.71 bits per heavy atom. The summed E-state index contributed by atoms with van der Waals surface area (Å²) in [7, 11) is 1.14. The van der Waals surface area contributed by atoms with Crippen LogP contribution in [0.15, 0.2) is 30.3 Å². The largest absolute Gasteiger partial charge is 0.323 e. The van der Waals surface area contributed by atoms with Gasteiger partial charge in [-0.1, -0.05) is 30.1 Å². The first-order valence-electron chi connectivity index (χ1n) is 4.58. The van der Waals surface area contributed by atoms with Crippen LogP contribution in [-0.4, -0.2) is 8.42 Å². The van der Waals surface area contributed by atoms with Crippen molar-refractivity contribution < 1.29 is 4.18 Å². The van der Waals surface area contributed by atoms with Crippen LogP contribution in [0, 0.1) is 11.3 Å². The fraction of sp³-hybridized carbons (Fsp3) is 0.100. The van der Waals surface area contributed by atoms with E-state index in [0.717, 1.165) is 30.1 Å². The Bertz CT molecular complexity index is 378. The Morgan fingerprint density at radius 3 is 3.43 bits per heavy atom. The van der Waals surface area contributed by atoms with Gasteiger partial charge in [-0.25, -0.2) is 0 Å². The number of hydrogen-bond acceptors (Lipinski definition) is 3. The van der Waals surface area contributed by atoms with Crippen LogP contribution in [0.3, 0.4) is 0 Å². The van der Waals surface area contributed by atoms with Gasteiger partial charge in [-0.3, -0.25) is 0 Å². The topological polar surface area (TPSA) is 33.0 Å². The molecule has 1 aromatic carbocycles. The summed E-state index contributed by atoms with van der Waals surface area (Å²) in [5.74, 6) is 0. The van der Waals surface area contributed by atoms with E-state index in [0.29, 0.717) is 6.61 Å². The van der Waals surface area contributed by atoms with Crippen LogP contribution in [0.2, 0.25) is 0 Å². The zero-order valence-corrected chi connectivity index (χ0v) is 8.33. The van der Waals surface area contributed by atoms with Crippen LogP contribution in [0.5, 0.6) is 0 Å². The van der Waals surface area contributed by atoms with E-state index in [1.54, 1.807) is 6.08 Å². The molecular formula is C10H9BNOS. The number of benzene rings is 1. The van der Waals surface area contributed by atoms with E-state index in [4.69, 9.17) is 10.8 Å². The molecule has 0 atom stereocenters. The molecule has 1 aromatic rings. The summed E-state index contributed by atoms with van der Waals surface area (Å²) in [5.41, 5.74) is 1.99. The van der Waals surface area contributed by atoms with E-state index in [1.807, 2.05) is 30.3 Å². The lowest BCUT2D eigenvalue weighted by Crippen LogP contribution is -1.86. The molecule has 0 aromatic heterocycles. The van der Waals surface area contributed by atoms with E-state index in [2.05, 4.69) is 0 Å². The Labute approximate surface area is 90.4 Å². The Kier molecular flexibility index (Phi) is 4.23. The minimum atomic E-state index is 0.453. The number of hydrogen-bond donors (Lipinski definition) is 0. The molecule has 0 saturated heterocycles. The first-order valence-corrected chi connectivity index (χ1v) is 4.80. The quantitative estimate of drug-likeness (QED) is 0.319. The molecule has 0 heterocycles. The number of nitriles is 1. The molecule has 0 N–H and O–H groups in total. The lowest BCUT2D eigenvalue weighted by molar-refractivity contribution is 0.369. The van der Waals surface area contributed by atoms with Crippen LogP contribution in [0.1, 0.15) is 11.1 Å². The molecule has 69 valence electrons. The van der Waals surface area contributed by atoms with E-state index in [-0.39, 0.29) is 0 Å². The molecule has 0 bridgehead atoms. The highest BCUT2D eigenvalue weighted by Gasteiger charge is 1.93. The van der Waals surface area contributed by atoms with Gasteiger partial charge in [0.05, 0.1) is 12.7 Å². The first-order chi connectivity index (χ1) is 7.36. The molecule has 0 saturated carbocycles. The number of nitrogens with zero attached hydrogens (tertiary/aromatic N) is 1. The van der Waals surface area contributed by atoms with Gasteiger partial charge in [0.2, 0.25) is 7.09 Å². The van der Waals surface area contributed by atoms with Crippen molar-refractivity contribution in [2.24, 2.45) is 0 Å². The van der Waals surface area contributed by atoms with Gasteiger partial charge in [0.1, 0.15) is 0 Å². The minimum absolute atomic E-state index is 0.453. The Hall–Kier alpha value is -1.18. The number of allylic oxidation sites excluding steroid dienone is 1. The van der Waals surface area contributed by atoms with Crippen LogP contribution < -0.4 is 0 Å². The third kappa shape index (κ3) is 3.69. The van der Waals surface area contributed by atoms with E-state index in [9.17, 15) is 0 Å². The van der Waals surface area contributed by atoms with Crippen molar-refractivity contribution in [3.8, 4) is 6.07 Å². The smallest absolute Gasteiger partial charge is 0.209 e. The fourth-order valence-electron chi connectivity index (χ4n) is 1.02. The maximum Gasteiger partial charge on any atom is 0.209 e. The Balaban J connectivity index is 2.58. The van der Waals surface area contributed by atoms with Gasteiger partial charge < -0.3 is 4.18 Å². The summed E-state index contributed by atoms with van der Waals surface area (Å²) in [5, 5.41) is 8.38. The summed E-state index contributed by atoms with van der Waals surface area (Å²) >= 11 is 0.998. The van der Waals surface area contributed by atoms with Crippen molar-refractivity contribution in [2.45, 2.75) is 6.61 Å². The van der Waals surface area contributed by atoms with Gasteiger partial charge in [-0.15, -0.1) is 0 Å². The van der Waals surface area contributed by atoms with E-state index < -0.39 is 0 Å². The highest BCUT2D eigenvalue weighted by Crippen LogP contribution is 2.10. The second kappa shape index (κ2) is 6.30. The number of rotatable bonds is 5. The van der Waals surface area contributed by atoms with Crippen molar-refractivity contribution in [1.29, 1.82) is 6.60 Å². The standard InChI is InChI=1S/C10H9BNOS/c11-14-13-8-10-4-1-3-9(7-10)5-2-6-12/h1-5,7,11H,8H2/i11T. The van der Waals surface area contributed by atoms with Gasteiger partial charge in [0, 0.05) is 6.08 Å². The summed E-state index contributed by atoms with van der Waals surface area (Å²) in [6, 6.07) is 9.65. The molecular weight excluding hydrogens is 193 g/mol. The average Bonchev–Trinajstić information content (AvgIpc) is 2.27. The van der Waals surface area contributed by atoms with Crippen molar-refractivity contribution in [1.82, 2.24) is 0 Å². The van der Waals surface area contributed by atoms with Crippen molar-refractivity contribution in [3.05, 3.63) is 41.5 Å². The molecule has 14 heavy (non-hydrogen) atoms. The third-order valence-electron chi connectivity index (χ3n) is 1.59. The van der Waals surface area contributed by atoms with Gasteiger partial charge >= 0.3 is 0 Å². The summed E-state index contributed by atoms with van der Waals surface area (Å²) < 4.78 is 11.9. The molecule has 0 amide bonds. The zero-order valence-electron chi connectivity index (χ0n) is 8.51. The van der Waals surface area contributed by atoms with Gasteiger partial charge in [-0.05, 0) is 24.6 Å². The fourth-order valence-corrected chi connectivity index (χ4v) is 1.23. The molecule has 0 aliphatic carbocycles. The van der Waals surface area contributed by atoms with Crippen LogP contribution in [0.4, 0.5) is 0 Å². The lowest BCUT2D eigenvalue weighted by atomic mass is 10.1. The minimum Gasteiger partial charge on any atom is -0.323 e. The van der Waals surface area contributed by atoms with Crippen LogP contribution >= 0.6 is 11.9 Å². The van der Waals surface area contributed by atoms with Gasteiger partial charge in [0.25, 0.3) is 0 Å². The van der Waals surface area contributed by atoms with Gasteiger partial charge in [-0.2, -0.15) is 5.26 Å². The van der Waals surface area contributed by atoms with Gasteiger partial charge in [0.15, 0.2) is 0 Å². The predicted octanol–water partition coefficient (Wildman–Crippen LogP) is 2.20. The summed E-state index contributed by atoms with van der Waals surface area (Å²) in [6.07, 6.45) is 3.18. The maximum absolute atomic E-state index is 8.38. The first kappa shape index (κ1) is 9.38. The van der Waals surface area contributed by atoms with E-state index in [1.165, 1.54) is 6.08 Å². The molecule has 0 aliphatic rings.